The van der Waals surface area contributed by atoms with Crippen LogP contribution in [-0.2, 0) is 16.1 Å². The van der Waals surface area contributed by atoms with Crippen LogP contribution >= 0.6 is 15.9 Å². The van der Waals surface area contributed by atoms with Crippen LogP contribution in [0.25, 0.3) is 10.9 Å². The zero-order valence-electron chi connectivity index (χ0n) is 18.2. The Bertz CT molecular complexity index is 854. The van der Waals surface area contributed by atoms with E-state index in [1.807, 2.05) is 24.8 Å². The molecule has 1 amide bonds. The number of halogens is 1. The Morgan fingerprint density at radius 2 is 1.93 bits per heavy atom. The zero-order chi connectivity index (χ0) is 21.2. The maximum absolute atomic E-state index is 12.3. The molecule has 2 aromatic rings. The highest BCUT2D eigenvalue weighted by Crippen LogP contribution is 2.33. The van der Waals surface area contributed by atoms with Crippen LogP contribution in [0, 0.1) is 5.92 Å². The minimum atomic E-state index is -1.10. The van der Waals surface area contributed by atoms with Gasteiger partial charge in [0.1, 0.15) is 0 Å². The highest BCUT2D eigenvalue weighted by Gasteiger charge is 2.25. The molecule has 160 valence electrons. The molecule has 2 heterocycles. The summed E-state index contributed by atoms with van der Waals surface area (Å²) < 4.78 is 7.00. The van der Waals surface area contributed by atoms with Crippen LogP contribution in [0.5, 0.6) is 0 Å². The number of piperazine rings is 1. The van der Waals surface area contributed by atoms with Crippen molar-refractivity contribution in [2.24, 2.45) is 5.92 Å². The van der Waals surface area contributed by atoms with Gasteiger partial charge in [-0.3, -0.25) is 9.89 Å². The summed E-state index contributed by atoms with van der Waals surface area (Å²) in [6.45, 7) is 15.5. The second kappa shape index (κ2) is 9.18. The van der Waals surface area contributed by atoms with Gasteiger partial charge in [-0.1, -0.05) is 49.4 Å². The van der Waals surface area contributed by atoms with Crippen molar-refractivity contribution in [3.63, 3.8) is 0 Å². The van der Waals surface area contributed by atoms with Gasteiger partial charge >= 0.3 is 0 Å². The molecule has 0 bridgehead atoms. The van der Waals surface area contributed by atoms with Gasteiger partial charge in [0.15, 0.2) is 0 Å². The number of fused-ring (bicyclic) bond motifs is 1. The topological polar surface area (TPSA) is 61.5 Å². The number of ether oxygens (including phenoxy) is 1. The van der Waals surface area contributed by atoms with Crippen molar-refractivity contribution in [1.82, 2.24) is 15.1 Å². The molecule has 6 nitrogen and oxygen atoms in total. The Morgan fingerprint density at radius 3 is 2.55 bits per heavy atom. The van der Waals surface area contributed by atoms with E-state index in [1.165, 1.54) is 0 Å². The van der Waals surface area contributed by atoms with Crippen LogP contribution in [0.1, 0.15) is 19.5 Å². The van der Waals surface area contributed by atoms with Gasteiger partial charge in [-0.15, -0.1) is 0 Å². The minimum absolute atomic E-state index is 0.0490. The van der Waals surface area contributed by atoms with Gasteiger partial charge in [0.25, 0.3) is 0 Å². The van der Waals surface area contributed by atoms with Crippen molar-refractivity contribution in [3.05, 3.63) is 22.3 Å². The van der Waals surface area contributed by atoms with Gasteiger partial charge < -0.3 is 14.5 Å². The molecule has 8 heteroatoms. The summed E-state index contributed by atoms with van der Waals surface area (Å²) in [5, 5.41) is 8.83. The first-order valence-corrected chi connectivity index (χ1v) is 14.9. The number of carbonyl (C=O) groups is 1. The third kappa shape index (κ3) is 5.61. The largest absolute Gasteiger partial charge is 0.375 e. The molecule has 0 atom stereocenters. The average molecular weight is 482 g/mol. The second-order valence-corrected chi connectivity index (χ2v) is 15.9. The number of aromatic amines is 1. The summed E-state index contributed by atoms with van der Waals surface area (Å²) in [5.41, 5.74) is 3.13. The van der Waals surface area contributed by atoms with Gasteiger partial charge in [0, 0.05) is 62.3 Å². The quantitative estimate of drug-likeness (QED) is 0.468. The summed E-state index contributed by atoms with van der Waals surface area (Å²) in [7, 11) is -1.10. The number of hydrogen-bond acceptors (Lipinski definition) is 4. The van der Waals surface area contributed by atoms with Crippen LogP contribution in [0.15, 0.2) is 16.6 Å². The van der Waals surface area contributed by atoms with E-state index in [0.717, 1.165) is 65.6 Å². The lowest BCUT2D eigenvalue weighted by atomic mass is 10.1. The van der Waals surface area contributed by atoms with Crippen molar-refractivity contribution >= 4 is 46.5 Å². The smallest absolute Gasteiger partial charge is 0.225 e. The van der Waals surface area contributed by atoms with E-state index in [4.69, 9.17) is 4.74 Å². The maximum Gasteiger partial charge on any atom is 0.225 e. The number of carbonyl (C=O) groups excluding carboxylic acids is 1. The first kappa shape index (κ1) is 22.3. The van der Waals surface area contributed by atoms with E-state index in [2.05, 4.69) is 56.7 Å². The molecule has 1 aromatic heterocycles. The molecular formula is C21H33BrN4O2Si. The van der Waals surface area contributed by atoms with Crippen LogP contribution in [-0.4, -0.2) is 61.9 Å². The average Bonchev–Trinajstić information content (AvgIpc) is 3.06. The summed E-state index contributed by atoms with van der Waals surface area (Å²) in [4.78, 5) is 16.6. The molecule has 0 radical (unpaired) electrons. The van der Waals surface area contributed by atoms with E-state index >= 15 is 0 Å². The van der Waals surface area contributed by atoms with Gasteiger partial charge in [-0.25, -0.2) is 0 Å². The molecule has 3 rings (SSSR count). The standard InChI is InChI=1S/C21H33BrN4O2Si/c1-15(2)21(27)26-8-6-25(7-9-26)19-13-16(22)12-17-20(19)18(24-23-17)14-28-10-11-29(3,4)5/h12-13,15H,6-11,14H2,1-5H3,(H,23,24). The Kier molecular flexibility index (Phi) is 7.06. The normalized spacial score (nSPS) is 15.6. The molecule has 29 heavy (non-hydrogen) atoms. The molecule has 1 aromatic carbocycles. The first-order valence-electron chi connectivity index (χ1n) is 10.4. The number of rotatable bonds is 7. The lowest BCUT2D eigenvalue weighted by molar-refractivity contribution is -0.134. The zero-order valence-corrected chi connectivity index (χ0v) is 20.8. The Hall–Kier alpha value is -1.38. The number of amides is 1. The highest BCUT2D eigenvalue weighted by molar-refractivity contribution is 9.10. The van der Waals surface area contributed by atoms with Crippen molar-refractivity contribution < 1.29 is 9.53 Å². The number of aromatic nitrogens is 2. The Labute approximate surface area is 183 Å². The number of H-pyrrole nitrogens is 1. The molecule has 1 aliphatic rings. The Morgan fingerprint density at radius 1 is 1.24 bits per heavy atom. The predicted molar refractivity (Wildman–Crippen MR) is 125 cm³/mol. The monoisotopic (exact) mass is 480 g/mol. The van der Waals surface area contributed by atoms with Crippen molar-refractivity contribution in [2.75, 3.05) is 37.7 Å². The first-order chi connectivity index (χ1) is 13.7. The molecule has 0 saturated carbocycles. The van der Waals surface area contributed by atoms with Crippen molar-refractivity contribution in [2.45, 2.75) is 46.1 Å². The van der Waals surface area contributed by atoms with Crippen LogP contribution in [0.3, 0.4) is 0 Å². The molecule has 1 N–H and O–H groups in total. The van der Waals surface area contributed by atoms with Crippen LogP contribution in [0.2, 0.25) is 25.7 Å². The second-order valence-electron chi connectivity index (χ2n) is 9.35. The van der Waals surface area contributed by atoms with Gasteiger partial charge in [-0.2, -0.15) is 5.10 Å². The lowest BCUT2D eigenvalue weighted by Gasteiger charge is -2.37. The van der Waals surface area contributed by atoms with Crippen LogP contribution < -0.4 is 4.90 Å². The molecule has 1 saturated heterocycles. The highest BCUT2D eigenvalue weighted by atomic mass is 79.9. The molecule has 0 aliphatic carbocycles. The third-order valence-corrected chi connectivity index (χ3v) is 7.51. The van der Waals surface area contributed by atoms with E-state index in [9.17, 15) is 4.79 Å². The maximum atomic E-state index is 12.3. The van der Waals surface area contributed by atoms with Crippen molar-refractivity contribution in [3.8, 4) is 0 Å². The predicted octanol–water partition coefficient (Wildman–Crippen LogP) is 4.48. The molecule has 0 unspecified atom stereocenters. The molecule has 1 aliphatic heterocycles. The SMILES string of the molecule is CC(C)C(=O)N1CCN(c2cc(Br)cc3n[nH]c(COCC[Si](C)(C)C)c23)CC1. The number of nitrogens with one attached hydrogen (secondary N) is 1. The summed E-state index contributed by atoms with van der Waals surface area (Å²) in [6.07, 6.45) is 0. The number of hydrogen-bond donors (Lipinski definition) is 1. The summed E-state index contributed by atoms with van der Waals surface area (Å²) in [6, 6.07) is 5.35. The fourth-order valence-electron chi connectivity index (χ4n) is 3.60. The number of anilines is 1. The lowest BCUT2D eigenvalue weighted by Crippen LogP contribution is -2.50. The minimum Gasteiger partial charge on any atom is -0.375 e. The van der Waals surface area contributed by atoms with E-state index < -0.39 is 8.07 Å². The van der Waals surface area contributed by atoms with Gasteiger partial charge in [0.05, 0.1) is 17.8 Å². The third-order valence-electron chi connectivity index (χ3n) is 5.34. The van der Waals surface area contributed by atoms with Crippen LogP contribution in [0.4, 0.5) is 5.69 Å². The van der Waals surface area contributed by atoms with E-state index in [0.29, 0.717) is 6.61 Å². The summed E-state index contributed by atoms with van der Waals surface area (Å²) >= 11 is 3.63. The fraction of sp³-hybridized carbons (Fsp3) is 0.619. The Balaban J connectivity index is 1.76. The fourth-order valence-corrected chi connectivity index (χ4v) is 4.79. The molecule has 0 spiro atoms. The number of nitrogens with zero attached hydrogens (tertiary/aromatic N) is 3. The van der Waals surface area contributed by atoms with Crippen molar-refractivity contribution in [1.29, 1.82) is 0 Å². The van der Waals surface area contributed by atoms with Gasteiger partial charge in [-0.05, 0) is 18.2 Å². The van der Waals surface area contributed by atoms with E-state index in [-0.39, 0.29) is 11.8 Å². The summed E-state index contributed by atoms with van der Waals surface area (Å²) in [5.74, 6) is 0.289. The number of benzene rings is 1. The van der Waals surface area contributed by atoms with Gasteiger partial charge in [0.2, 0.25) is 5.91 Å². The molecular weight excluding hydrogens is 448 g/mol. The van der Waals surface area contributed by atoms with E-state index in [1.54, 1.807) is 0 Å². The molecule has 1 fully saturated rings.